The molecule has 5 heteroatoms. The molecule has 0 aromatic heterocycles. The molecule has 0 spiro atoms. The first kappa shape index (κ1) is 12.7. The van der Waals surface area contributed by atoms with Gasteiger partial charge in [0.2, 0.25) is 5.91 Å². The predicted molar refractivity (Wildman–Crippen MR) is 69.4 cm³/mol. The van der Waals surface area contributed by atoms with Gasteiger partial charge in [-0.05, 0) is 25.1 Å². The molecule has 1 saturated heterocycles. The van der Waals surface area contributed by atoms with Crippen molar-refractivity contribution in [3.63, 3.8) is 0 Å². The van der Waals surface area contributed by atoms with Gasteiger partial charge in [-0.1, -0.05) is 0 Å². The van der Waals surface area contributed by atoms with E-state index >= 15 is 0 Å². The van der Waals surface area contributed by atoms with Crippen molar-refractivity contribution in [3.8, 4) is 11.5 Å². The highest BCUT2D eigenvalue weighted by Gasteiger charge is 2.21. The van der Waals surface area contributed by atoms with E-state index < -0.39 is 0 Å². The van der Waals surface area contributed by atoms with Crippen molar-refractivity contribution in [2.24, 2.45) is 0 Å². The van der Waals surface area contributed by atoms with E-state index in [1.165, 1.54) is 0 Å². The highest BCUT2D eigenvalue weighted by Crippen LogP contribution is 2.32. The Morgan fingerprint density at radius 3 is 2.83 bits per heavy atom. The third kappa shape index (κ3) is 2.56. The maximum absolute atomic E-state index is 12.0. The molecule has 0 saturated carbocycles. The van der Waals surface area contributed by atoms with Gasteiger partial charge in [-0.25, -0.2) is 0 Å². The summed E-state index contributed by atoms with van der Waals surface area (Å²) in [4.78, 5) is 13.8. The summed E-state index contributed by atoms with van der Waals surface area (Å²) in [5.74, 6) is 1.46. The Bertz CT molecular complexity index is 434. The summed E-state index contributed by atoms with van der Waals surface area (Å²) in [6, 6.07) is 5.48. The number of nitrogens with one attached hydrogen (secondary N) is 1. The maximum Gasteiger partial charge on any atom is 0.241 e. The van der Waals surface area contributed by atoms with Gasteiger partial charge < -0.3 is 19.7 Å². The molecular formula is C13H18N2O3. The highest BCUT2D eigenvalue weighted by atomic mass is 16.5. The van der Waals surface area contributed by atoms with Crippen LogP contribution >= 0.6 is 0 Å². The molecule has 1 aromatic rings. The normalized spacial score (nSPS) is 16.3. The third-order valence-electron chi connectivity index (χ3n) is 2.99. The molecule has 1 fully saturated rings. The van der Waals surface area contributed by atoms with E-state index in [1.807, 2.05) is 18.2 Å². The molecule has 1 N–H and O–H groups in total. The van der Waals surface area contributed by atoms with Crippen molar-refractivity contribution in [1.29, 1.82) is 0 Å². The van der Waals surface area contributed by atoms with Crippen molar-refractivity contribution in [1.82, 2.24) is 5.32 Å². The molecule has 0 atom stereocenters. The average molecular weight is 250 g/mol. The molecule has 18 heavy (non-hydrogen) atoms. The van der Waals surface area contributed by atoms with E-state index in [4.69, 9.17) is 9.47 Å². The maximum atomic E-state index is 12.0. The number of benzene rings is 1. The SMILES string of the molecule is COc1ccc(OC)c(N2CCCNCC2=O)c1. The lowest BCUT2D eigenvalue weighted by Gasteiger charge is -2.23. The fourth-order valence-electron chi connectivity index (χ4n) is 2.04. The summed E-state index contributed by atoms with van der Waals surface area (Å²) in [6.45, 7) is 1.91. The molecule has 0 aliphatic carbocycles. The molecule has 1 aliphatic heterocycles. The second-order valence-electron chi connectivity index (χ2n) is 4.11. The number of rotatable bonds is 3. The Labute approximate surface area is 107 Å². The molecule has 1 heterocycles. The van der Waals surface area contributed by atoms with Crippen LogP contribution in [-0.4, -0.2) is 39.8 Å². The molecule has 5 nitrogen and oxygen atoms in total. The van der Waals surface area contributed by atoms with Crippen molar-refractivity contribution in [3.05, 3.63) is 18.2 Å². The molecule has 0 unspecified atom stereocenters. The predicted octanol–water partition coefficient (Wildman–Crippen LogP) is 1.03. The van der Waals surface area contributed by atoms with E-state index in [-0.39, 0.29) is 5.91 Å². The number of carbonyl (C=O) groups is 1. The van der Waals surface area contributed by atoms with Gasteiger partial charge in [0.25, 0.3) is 0 Å². The Balaban J connectivity index is 2.36. The van der Waals surface area contributed by atoms with Crippen LogP contribution in [0.5, 0.6) is 11.5 Å². The van der Waals surface area contributed by atoms with Crippen LogP contribution in [0.4, 0.5) is 5.69 Å². The molecule has 98 valence electrons. The summed E-state index contributed by atoms with van der Waals surface area (Å²) < 4.78 is 10.5. The van der Waals surface area contributed by atoms with Gasteiger partial charge in [0.1, 0.15) is 11.5 Å². The summed E-state index contributed by atoms with van der Waals surface area (Å²) in [5, 5.41) is 3.10. The third-order valence-corrected chi connectivity index (χ3v) is 2.99. The molecule has 1 aromatic carbocycles. The van der Waals surface area contributed by atoms with Gasteiger partial charge in [-0.3, -0.25) is 4.79 Å². The van der Waals surface area contributed by atoms with Gasteiger partial charge >= 0.3 is 0 Å². The van der Waals surface area contributed by atoms with Gasteiger partial charge in [0.05, 0.1) is 26.5 Å². The summed E-state index contributed by atoms with van der Waals surface area (Å²) in [6.07, 6.45) is 0.923. The number of ether oxygens (including phenoxy) is 2. The van der Waals surface area contributed by atoms with Gasteiger partial charge in [-0.15, -0.1) is 0 Å². The van der Waals surface area contributed by atoms with Crippen molar-refractivity contribution in [2.45, 2.75) is 6.42 Å². The number of nitrogens with zero attached hydrogens (tertiary/aromatic N) is 1. The lowest BCUT2D eigenvalue weighted by atomic mass is 10.2. The fourth-order valence-corrected chi connectivity index (χ4v) is 2.04. The van der Waals surface area contributed by atoms with E-state index in [0.29, 0.717) is 18.8 Å². The molecule has 1 amide bonds. The van der Waals surface area contributed by atoms with Crippen LogP contribution in [0.1, 0.15) is 6.42 Å². The van der Waals surface area contributed by atoms with Crippen molar-refractivity contribution >= 4 is 11.6 Å². The minimum atomic E-state index is 0.0547. The lowest BCUT2D eigenvalue weighted by molar-refractivity contribution is -0.117. The van der Waals surface area contributed by atoms with Gasteiger partial charge in [0.15, 0.2) is 0 Å². The molecule has 0 bridgehead atoms. The number of hydrogen-bond donors (Lipinski definition) is 1. The van der Waals surface area contributed by atoms with Gasteiger partial charge in [0, 0.05) is 12.6 Å². The van der Waals surface area contributed by atoms with Crippen LogP contribution in [0.15, 0.2) is 18.2 Å². The minimum Gasteiger partial charge on any atom is -0.497 e. The highest BCUT2D eigenvalue weighted by molar-refractivity contribution is 5.96. The van der Waals surface area contributed by atoms with Crippen LogP contribution in [0.3, 0.4) is 0 Å². The fraction of sp³-hybridized carbons (Fsp3) is 0.462. The standard InChI is InChI=1S/C13H18N2O3/c1-17-10-4-5-12(18-2)11(8-10)15-7-3-6-14-9-13(15)16/h4-5,8,14H,3,6-7,9H2,1-2H3. The van der Waals surface area contributed by atoms with Crippen LogP contribution in [-0.2, 0) is 4.79 Å². The average Bonchev–Trinajstić information content (AvgIpc) is 2.62. The van der Waals surface area contributed by atoms with E-state index in [1.54, 1.807) is 19.1 Å². The minimum absolute atomic E-state index is 0.0547. The lowest BCUT2D eigenvalue weighted by Crippen LogP contribution is -2.35. The number of methoxy groups -OCH3 is 2. The zero-order valence-corrected chi connectivity index (χ0v) is 10.7. The quantitative estimate of drug-likeness (QED) is 0.870. The zero-order valence-electron chi connectivity index (χ0n) is 10.7. The van der Waals surface area contributed by atoms with Crippen molar-refractivity contribution < 1.29 is 14.3 Å². The molecule has 1 aliphatic rings. The van der Waals surface area contributed by atoms with E-state index in [2.05, 4.69) is 5.32 Å². The Morgan fingerprint density at radius 2 is 2.11 bits per heavy atom. The van der Waals surface area contributed by atoms with E-state index in [9.17, 15) is 4.79 Å². The summed E-state index contributed by atoms with van der Waals surface area (Å²) >= 11 is 0. The second-order valence-corrected chi connectivity index (χ2v) is 4.11. The first-order valence-corrected chi connectivity index (χ1v) is 5.99. The number of amides is 1. The van der Waals surface area contributed by atoms with Crippen LogP contribution in [0.2, 0.25) is 0 Å². The van der Waals surface area contributed by atoms with E-state index in [0.717, 1.165) is 24.4 Å². The van der Waals surface area contributed by atoms with Crippen molar-refractivity contribution in [2.75, 3.05) is 38.8 Å². The smallest absolute Gasteiger partial charge is 0.241 e. The number of carbonyl (C=O) groups excluding carboxylic acids is 1. The summed E-state index contributed by atoms with van der Waals surface area (Å²) in [7, 11) is 3.21. The first-order chi connectivity index (χ1) is 8.76. The zero-order chi connectivity index (χ0) is 13.0. The Morgan fingerprint density at radius 1 is 1.28 bits per heavy atom. The monoisotopic (exact) mass is 250 g/mol. The summed E-state index contributed by atoms with van der Waals surface area (Å²) in [5.41, 5.74) is 0.769. The largest absolute Gasteiger partial charge is 0.497 e. The number of anilines is 1. The molecule has 0 radical (unpaired) electrons. The molecular weight excluding hydrogens is 232 g/mol. The van der Waals surface area contributed by atoms with Gasteiger partial charge in [-0.2, -0.15) is 0 Å². The topological polar surface area (TPSA) is 50.8 Å². The Hall–Kier alpha value is -1.75. The van der Waals surface area contributed by atoms with Crippen LogP contribution in [0.25, 0.3) is 0 Å². The number of hydrogen-bond acceptors (Lipinski definition) is 4. The Kier molecular flexibility index (Phi) is 4.04. The first-order valence-electron chi connectivity index (χ1n) is 5.99. The molecule has 2 rings (SSSR count). The second kappa shape index (κ2) is 5.73. The van der Waals surface area contributed by atoms with Crippen LogP contribution < -0.4 is 19.7 Å². The van der Waals surface area contributed by atoms with Crippen LogP contribution in [0, 0.1) is 0 Å².